The highest BCUT2D eigenvalue weighted by Gasteiger charge is 2.10. The number of aromatic nitrogens is 1. The first kappa shape index (κ1) is 18.2. The molecule has 0 spiro atoms. The second-order valence-electron chi connectivity index (χ2n) is 6.29. The number of hydrogen-bond donors (Lipinski definition) is 1. The number of thiazole rings is 1. The van der Waals surface area contributed by atoms with Crippen molar-refractivity contribution in [2.45, 2.75) is 0 Å². The summed E-state index contributed by atoms with van der Waals surface area (Å²) in [6, 6.07) is 17.8. The van der Waals surface area contributed by atoms with E-state index in [1.807, 2.05) is 17.5 Å². The molecular formula is C21H19N5OS. The lowest BCUT2D eigenvalue weighted by Gasteiger charge is -2.28. The monoisotopic (exact) mass is 389 g/mol. The molecule has 0 unspecified atom stereocenters. The third-order valence-corrected chi connectivity index (χ3v) is 5.20. The van der Waals surface area contributed by atoms with Crippen LogP contribution in [0.4, 0.5) is 10.8 Å². The Morgan fingerprint density at radius 3 is 2.57 bits per heavy atom. The highest BCUT2D eigenvalue weighted by atomic mass is 32.1. The molecule has 6 nitrogen and oxygen atoms in total. The van der Waals surface area contributed by atoms with Crippen LogP contribution in [0, 0.1) is 11.3 Å². The molecule has 1 N–H and O–H groups in total. The lowest BCUT2D eigenvalue weighted by molar-refractivity contribution is 0.122. The zero-order chi connectivity index (χ0) is 19.2. The van der Waals surface area contributed by atoms with Gasteiger partial charge in [0, 0.05) is 29.7 Å². The van der Waals surface area contributed by atoms with Crippen LogP contribution in [0.1, 0.15) is 11.1 Å². The van der Waals surface area contributed by atoms with Gasteiger partial charge in [0.05, 0.1) is 36.8 Å². The van der Waals surface area contributed by atoms with E-state index in [2.05, 4.69) is 50.7 Å². The Labute approximate surface area is 167 Å². The van der Waals surface area contributed by atoms with Gasteiger partial charge in [-0.2, -0.15) is 10.4 Å². The maximum atomic E-state index is 8.88. The third kappa shape index (κ3) is 4.36. The number of rotatable bonds is 5. The van der Waals surface area contributed by atoms with Gasteiger partial charge < -0.3 is 9.64 Å². The molecule has 3 aromatic rings. The number of hydrogen-bond acceptors (Lipinski definition) is 7. The predicted octanol–water partition coefficient (Wildman–Crippen LogP) is 3.96. The largest absolute Gasteiger partial charge is 0.378 e. The number of nitrogens with zero attached hydrogens (tertiary/aromatic N) is 4. The molecular weight excluding hydrogens is 370 g/mol. The SMILES string of the molecule is N#Cc1ccc(-c2csc(N/N=C/c3ccc(N4CCOCC4)cc3)n2)cc1. The molecule has 1 saturated heterocycles. The van der Waals surface area contributed by atoms with E-state index < -0.39 is 0 Å². The Morgan fingerprint density at radius 1 is 1.11 bits per heavy atom. The minimum atomic E-state index is 0.640. The highest BCUT2D eigenvalue weighted by Crippen LogP contribution is 2.25. The number of hydrazone groups is 1. The molecule has 4 rings (SSSR count). The van der Waals surface area contributed by atoms with Crippen LogP contribution in [-0.4, -0.2) is 37.5 Å². The van der Waals surface area contributed by atoms with E-state index in [1.165, 1.54) is 17.0 Å². The molecule has 0 aliphatic carbocycles. The van der Waals surface area contributed by atoms with Gasteiger partial charge in [-0.15, -0.1) is 11.3 Å². The minimum absolute atomic E-state index is 0.640. The Bertz CT molecular complexity index is 983. The zero-order valence-corrected chi connectivity index (χ0v) is 16.0. The smallest absolute Gasteiger partial charge is 0.203 e. The molecule has 0 bridgehead atoms. The van der Waals surface area contributed by atoms with Crippen LogP contribution in [0.25, 0.3) is 11.3 Å². The van der Waals surface area contributed by atoms with Crippen molar-refractivity contribution in [1.82, 2.24) is 4.98 Å². The van der Waals surface area contributed by atoms with Crippen molar-refractivity contribution >= 4 is 28.4 Å². The lowest BCUT2D eigenvalue weighted by atomic mass is 10.1. The molecule has 7 heteroatoms. The van der Waals surface area contributed by atoms with Gasteiger partial charge in [-0.05, 0) is 29.8 Å². The molecule has 2 heterocycles. The van der Waals surface area contributed by atoms with E-state index in [1.54, 1.807) is 18.3 Å². The average Bonchev–Trinajstić information content (AvgIpc) is 3.24. The standard InChI is InChI=1S/C21H19N5OS/c22-13-16-1-5-18(6-2-16)20-15-28-21(24-20)25-23-14-17-3-7-19(8-4-17)26-9-11-27-12-10-26/h1-8,14-15H,9-12H2,(H,24,25)/b23-14+. The first-order chi connectivity index (χ1) is 13.8. The van der Waals surface area contributed by atoms with Crippen LogP contribution in [0.3, 0.4) is 0 Å². The molecule has 1 aliphatic rings. The van der Waals surface area contributed by atoms with Crippen molar-refractivity contribution in [3.8, 4) is 17.3 Å². The summed E-state index contributed by atoms with van der Waals surface area (Å²) in [5, 5.41) is 15.9. The average molecular weight is 389 g/mol. The number of morpholine rings is 1. The number of ether oxygens (including phenoxy) is 1. The van der Waals surface area contributed by atoms with Crippen molar-refractivity contribution in [2.75, 3.05) is 36.6 Å². The second kappa shape index (κ2) is 8.65. The van der Waals surface area contributed by atoms with Gasteiger partial charge in [0.1, 0.15) is 0 Å². The first-order valence-corrected chi connectivity index (χ1v) is 9.88. The van der Waals surface area contributed by atoms with Crippen molar-refractivity contribution in [2.24, 2.45) is 5.10 Å². The van der Waals surface area contributed by atoms with E-state index in [0.717, 1.165) is 48.3 Å². The normalized spacial score (nSPS) is 14.2. The van der Waals surface area contributed by atoms with E-state index in [9.17, 15) is 0 Å². The topological polar surface area (TPSA) is 73.5 Å². The van der Waals surface area contributed by atoms with E-state index >= 15 is 0 Å². The van der Waals surface area contributed by atoms with Gasteiger partial charge >= 0.3 is 0 Å². The van der Waals surface area contributed by atoms with Gasteiger partial charge in [0.2, 0.25) is 5.13 Å². The molecule has 0 atom stereocenters. The summed E-state index contributed by atoms with van der Waals surface area (Å²) < 4.78 is 5.39. The highest BCUT2D eigenvalue weighted by molar-refractivity contribution is 7.14. The van der Waals surface area contributed by atoms with Crippen LogP contribution in [0.15, 0.2) is 59.0 Å². The summed E-state index contributed by atoms with van der Waals surface area (Å²) in [6.07, 6.45) is 1.78. The summed E-state index contributed by atoms with van der Waals surface area (Å²) in [7, 11) is 0. The zero-order valence-electron chi connectivity index (χ0n) is 15.2. The van der Waals surface area contributed by atoms with E-state index in [-0.39, 0.29) is 0 Å². The predicted molar refractivity (Wildman–Crippen MR) is 113 cm³/mol. The quantitative estimate of drug-likeness (QED) is 0.528. The van der Waals surface area contributed by atoms with Crippen molar-refractivity contribution < 1.29 is 4.74 Å². The number of benzene rings is 2. The van der Waals surface area contributed by atoms with Crippen molar-refractivity contribution in [3.63, 3.8) is 0 Å². The van der Waals surface area contributed by atoms with Crippen LogP contribution in [0.5, 0.6) is 0 Å². The Kier molecular flexibility index (Phi) is 5.61. The fourth-order valence-electron chi connectivity index (χ4n) is 2.93. The number of nitrogens with one attached hydrogen (secondary N) is 1. The molecule has 2 aromatic carbocycles. The number of nitriles is 1. The van der Waals surface area contributed by atoms with Crippen molar-refractivity contribution in [1.29, 1.82) is 5.26 Å². The Morgan fingerprint density at radius 2 is 1.86 bits per heavy atom. The van der Waals surface area contributed by atoms with Crippen LogP contribution >= 0.6 is 11.3 Å². The molecule has 28 heavy (non-hydrogen) atoms. The summed E-state index contributed by atoms with van der Waals surface area (Å²) >= 11 is 1.49. The Balaban J connectivity index is 1.35. The maximum Gasteiger partial charge on any atom is 0.203 e. The van der Waals surface area contributed by atoms with Crippen LogP contribution in [-0.2, 0) is 4.74 Å². The fourth-order valence-corrected chi connectivity index (χ4v) is 3.60. The van der Waals surface area contributed by atoms with E-state index in [0.29, 0.717) is 5.56 Å². The van der Waals surface area contributed by atoms with Crippen LogP contribution in [0.2, 0.25) is 0 Å². The summed E-state index contributed by atoms with van der Waals surface area (Å²) in [4.78, 5) is 6.86. The summed E-state index contributed by atoms with van der Waals surface area (Å²) in [5.41, 5.74) is 7.69. The second-order valence-corrected chi connectivity index (χ2v) is 7.15. The molecule has 0 radical (unpaired) electrons. The van der Waals surface area contributed by atoms with Gasteiger partial charge in [-0.1, -0.05) is 24.3 Å². The van der Waals surface area contributed by atoms with Gasteiger partial charge in [-0.25, -0.2) is 4.98 Å². The molecule has 0 saturated carbocycles. The molecule has 1 aromatic heterocycles. The van der Waals surface area contributed by atoms with E-state index in [4.69, 9.17) is 10.00 Å². The molecule has 1 fully saturated rings. The Hall–Kier alpha value is -3.21. The summed E-state index contributed by atoms with van der Waals surface area (Å²) in [6.45, 7) is 3.43. The van der Waals surface area contributed by atoms with Crippen LogP contribution < -0.4 is 10.3 Å². The van der Waals surface area contributed by atoms with Gasteiger partial charge in [-0.3, -0.25) is 5.43 Å². The lowest BCUT2D eigenvalue weighted by Crippen LogP contribution is -2.36. The van der Waals surface area contributed by atoms with Crippen molar-refractivity contribution in [3.05, 3.63) is 65.0 Å². The third-order valence-electron chi connectivity index (χ3n) is 4.46. The molecule has 140 valence electrons. The fraction of sp³-hybridized carbons (Fsp3) is 0.190. The molecule has 0 amide bonds. The number of anilines is 2. The molecule has 1 aliphatic heterocycles. The summed E-state index contributed by atoms with van der Waals surface area (Å²) in [5.74, 6) is 0. The maximum absolute atomic E-state index is 8.88. The van der Waals surface area contributed by atoms with Gasteiger partial charge in [0.15, 0.2) is 0 Å². The minimum Gasteiger partial charge on any atom is -0.378 e. The first-order valence-electron chi connectivity index (χ1n) is 9.00. The van der Waals surface area contributed by atoms with Gasteiger partial charge in [0.25, 0.3) is 0 Å².